The van der Waals surface area contributed by atoms with Crippen molar-refractivity contribution < 1.29 is 4.79 Å². The van der Waals surface area contributed by atoms with Crippen molar-refractivity contribution in [1.82, 2.24) is 9.80 Å². The number of piperidine rings is 1. The van der Waals surface area contributed by atoms with Crippen LogP contribution in [-0.2, 0) is 4.79 Å². The smallest absolute Gasteiger partial charge is 0.245 e. The van der Waals surface area contributed by atoms with Crippen LogP contribution in [0.5, 0.6) is 0 Å². The molecule has 0 unspecified atom stereocenters. The van der Waals surface area contributed by atoms with Crippen LogP contribution < -0.4 is 4.90 Å². The Morgan fingerprint density at radius 3 is 2.48 bits per heavy atom. The number of carbonyl (C=O) groups is 1. The maximum absolute atomic E-state index is 12.8. The molecule has 2 saturated heterocycles. The van der Waals surface area contributed by atoms with Crippen LogP contribution in [0.25, 0.3) is 0 Å². The fourth-order valence-corrected chi connectivity index (χ4v) is 4.13. The minimum atomic E-state index is -0.166. The summed E-state index contributed by atoms with van der Waals surface area (Å²) in [6.45, 7) is 7.97. The highest BCUT2D eigenvalue weighted by atomic mass is 35.5. The molecular weight excluding hydrogens is 357 g/mol. The van der Waals surface area contributed by atoms with Gasteiger partial charge in [0.15, 0.2) is 0 Å². The van der Waals surface area contributed by atoms with Crippen molar-refractivity contribution in [2.75, 3.05) is 44.2 Å². The molecule has 0 aliphatic carbocycles. The van der Waals surface area contributed by atoms with Gasteiger partial charge in [0.05, 0.1) is 10.0 Å². The molecule has 2 fully saturated rings. The van der Waals surface area contributed by atoms with Gasteiger partial charge in [0.2, 0.25) is 5.91 Å². The highest BCUT2D eigenvalue weighted by molar-refractivity contribution is 6.42. The molecule has 0 bridgehead atoms. The molecule has 1 aromatic carbocycles. The summed E-state index contributed by atoms with van der Waals surface area (Å²) in [6, 6.07) is 5.41. The molecule has 2 aliphatic rings. The lowest BCUT2D eigenvalue weighted by molar-refractivity contribution is -0.134. The predicted octanol–water partition coefficient (Wildman–Crippen LogP) is 3.91. The maximum Gasteiger partial charge on any atom is 0.245 e. The molecule has 3 rings (SSSR count). The Morgan fingerprint density at radius 1 is 1.00 bits per heavy atom. The summed E-state index contributed by atoms with van der Waals surface area (Å²) < 4.78 is 0. The summed E-state index contributed by atoms with van der Waals surface area (Å²) in [4.78, 5) is 19.4. The number of benzene rings is 1. The quantitative estimate of drug-likeness (QED) is 0.770. The molecule has 25 heavy (non-hydrogen) atoms. The van der Waals surface area contributed by atoms with Gasteiger partial charge in [-0.25, -0.2) is 0 Å². The Kier molecular flexibility index (Phi) is 6.48. The van der Waals surface area contributed by atoms with Gasteiger partial charge in [0.1, 0.15) is 6.04 Å². The van der Waals surface area contributed by atoms with Crippen molar-refractivity contribution in [3.63, 3.8) is 0 Å². The number of piperazine rings is 1. The number of hydrogen-bond acceptors (Lipinski definition) is 3. The number of anilines is 1. The van der Waals surface area contributed by atoms with Crippen molar-refractivity contribution in [2.24, 2.45) is 0 Å². The van der Waals surface area contributed by atoms with E-state index in [1.54, 1.807) is 6.07 Å². The van der Waals surface area contributed by atoms with Crippen molar-refractivity contribution >= 4 is 34.8 Å². The first-order valence-electron chi connectivity index (χ1n) is 9.29. The van der Waals surface area contributed by atoms with E-state index in [4.69, 9.17) is 23.2 Å². The molecule has 4 nitrogen and oxygen atoms in total. The molecule has 0 aromatic heterocycles. The largest absolute Gasteiger partial charge is 0.358 e. The summed E-state index contributed by atoms with van der Waals surface area (Å²) in [5, 5.41) is 1.07. The van der Waals surface area contributed by atoms with Gasteiger partial charge < -0.3 is 14.7 Å². The van der Waals surface area contributed by atoms with Crippen LogP contribution in [0.2, 0.25) is 10.0 Å². The molecule has 138 valence electrons. The van der Waals surface area contributed by atoms with Gasteiger partial charge in [-0.05, 0) is 64.0 Å². The maximum atomic E-state index is 12.8. The standard InChI is InChI=1S/C19H27Cl2N3O/c1-15-19(25)23(11-5-10-22-8-3-2-4-9-22)12-13-24(15)16-6-7-17(20)18(21)14-16/h6-7,14-15H,2-5,8-13H2,1H3/t15-/m1/s1. The highest BCUT2D eigenvalue weighted by Crippen LogP contribution is 2.29. The highest BCUT2D eigenvalue weighted by Gasteiger charge is 2.31. The van der Waals surface area contributed by atoms with Gasteiger partial charge in [-0.15, -0.1) is 0 Å². The summed E-state index contributed by atoms with van der Waals surface area (Å²) in [5.41, 5.74) is 0.961. The van der Waals surface area contributed by atoms with Crippen molar-refractivity contribution in [1.29, 1.82) is 0 Å². The van der Waals surface area contributed by atoms with Crippen LogP contribution in [0.4, 0.5) is 5.69 Å². The van der Waals surface area contributed by atoms with Gasteiger partial charge in [-0.3, -0.25) is 4.79 Å². The molecule has 0 spiro atoms. The first kappa shape index (κ1) is 18.8. The molecule has 1 atom stereocenters. The Labute approximate surface area is 160 Å². The van der Waals surface area contributed by atoms with E-state index >= 15 is 0 Å². The third-order valence-corrected chi connectivity index (χ3v) is 6.07. The third kappa shape index (κ3) is 4.60. The van der Waals surface area contributed by atoms with Crippen molar-refractivity contribution in [3.8, 4) is 0 Å². The van der Waals surface area contributed by atoms with E-state index in [2.05, 4.69) is 9.80 Å². The number of rotatable bonds is 5. The molecule has 0 saturated carbocycles. The van der Waals surface area contributed by atoms with E-state index in [0.29, 0.717) is 10.0 Å². The fraction of sp³-hybridized carbons (Fsp3) is 0.632. The van der Waals surface area contributed by atoms with E-state index in [1.807, 2.05) is 24.0 Å². The number of amides is 1. The first-order valence-corrected chi connectivity index (χ1v) is 10.0. The van der Waals surface area contributed by atoms with Crippen molar-refractivity contribution in [2.45, 2.75) is 38.6 Å². The second kappa shape index (κ2) is 8.61. The predicted molar refractivity (Wildman–Crippen MR) is 105 cm³/mol. The topological polar surface area (TPSA) is 26.8 Å². The number of nitrogens with zero attached hydrogens (tertiary/aromatic N) is 3. The number of carbonyl (C=O) groups excluding carboxylic acids is 1. The summed E-state index contributed by atoms with van der Waals surface area (Å²) in [5.74, 6) is 0.205. The van der Waals surface area contributed by atoms with E-state index in [1.165, 1.54) is 32.4 Å². The zero-order valence-electron chi connectivity index (χ0n) is 14.9. The van der Waals surface area contributed by atoms with Crippen LogP contribution in [0.15, 0.2) is 18.2 Å². The molecular formula is C19H27Cl2N3O. The van der Waals surface area contributed by atoms with Crippen LogP contribution in [0.3, 0.4) is 0 Å². The van der Waals surface area contributed by atoms with Gasteiger partial charge in [0, 0.05) is 25.3 Å². The van der Waals surface area contributed by atoms with Crippen LogP contribution in [-0.4, -0.2) is 61.0 Å². The SMILES string of the molecule is C[C@@H]1C(=O)N(CCCN2CCCCC2)CCN1c1ccc(Cl)c(Cl)c1. The minimum absolute atomic E-state index is 0.166. The zero-order valence-corrected chi connectivity index (χ0v) is 16.4. The van der Waals surface area contributed by atoms with E-state index in [9.17, 15) is 4.79 Å². The van der Waals surface area contributed by atoms with E-state index < -0.39 is 0 Å². The lowest BCUT2D eigenvalue weighted by Gasteiger charge is -2.41. The Bertz CT molecular complexity index is 604. The van der Waals surface area contributed by atoms with E-state index in [-0.39, 0.29) is 11.9 Å². The average molecular weight is 384 g/mol. The minimum Gasteiger partial charge on any atom is -0.358 e. The summed E-state index contributed by atoms with van der Waals surface area (Å²) >= 11 is 12.1. The molecule has 0 N–H and O–H groups in total. The molecule has 2 aliphatic heterocycles. The fourth-order valence-electron chi connectivity index (χ4n) is 3.84. The summed E-state index contributed by atoms with van der Waals surface area (Å²) in [6.07, 6.45) is 5.06. The Balaban J connectivity index is 1.53. The number of halogens is 2. The summed E-state index contributed by atoms with van der Waals surface area (Å²) in [7, 11) is 0. The monoisotopic (exact) mass is 383 g/mol. The van der Waals surface area contributed by atoms with Crippen LogP contribution in [0, 0.1) is 0 Å². The van der Waals surface area contributed by atoms with Crippen LogP contribution >= 0.6 is 23.2 Å². The van der Waals surface area contributed by atoms with Gasteiger partial charge >= 0.3 is 0 Å². The van der Waals surface area contributed by atoms with Crippen molar-refractivity contribution in [3.05, 3.63) is 28.2 Å². The second-order valence-corrected chi connectivity index (χ2v) is 7.86. The molecule has 0 radical (unpaired) electrons. The lowest BCUT2D eigenvalue weighted by Crippen LogP contribution is -2.56. The first-order chi connectivity index (χ1) is 12.1. The zero-order chi connectivity index (χ0) is 17.8. The second-order valence-electron chi connectivity index (χ2n) is 7.05. The Hall–Kier alpha value is -0.970. The average Bonchev–Trinajstić information content (AvgIpc) is 2.62. The number of hydrogen-bond donors (Lipinski definition) is 0. The molecule has 1 amide bonds. The molecule has 6 heteroatoms. The van der Waals surface area contributed by atoms with Gasteiger partial charge in [-0.2, -0.15) is 0 Å². The van der Waals surface area contributed by atoms with Gasteiger partial charge in [0.25, 0.3) is 0 Å². The van der Waals surface area contributed by atoms with Crippen LogP contribution in [0.1, 0.15) is 32.6 Å². The lowest BCUT2D eigenvalue weighted by atomic mass is 10.1. The van der Waals surface area contributed by atoms with Gasteiger partial charge in [-0.1, -0.05) is 29.6 Å². The Morgan fingerprint density at radius 2 is 1.76 bits per heavy atom. The number of likely N-dealkylation sites (tertiary alicyclic amines) is 1. The van der Waals surface area contributed by atoms with E-state index in [0.717, 1.165) is 38.3 Å². The third-order valence-electron chi connectivity index (χ3n) is 5.33. The normalized spacial score (nSPS) is 22.5. The molecule has 1 aromatic rings. The molecule has 2 heterocycles.